The molecule has 0 aromatic heterocycles. The van der Waals surface area contributed by atoms with E-state index in [0.29, 0.717) is 5.92 Å². The van der Waals surface area contributed by atoms with E-state index in [1.54, 1.807) is 0 Å². The Balaban J connectivity index is 2.18. The first kappa shape index (κ1) is 9.72. The molecule has 1 atom stereocenters. The van der Waals surface area contributed by atoms with Gasteiger partial charge in [-0.15, -0.1) is 0 Å². The molecule has 0 radical (unpaired) electrons. The molecule has 1 aliphatic carbocycles. The average molecular weight is 190 g/mol. The predicted octanol–water partition coefficient (Wildman–Crippen LogP) is 3.14. The minimum absolute atomic E-state index is 0.233. The van der Waals surface area contributed by atoms with Crippen LogP contribution in [0.2, 0.25) is 0 Å². The Kier molecular flexibility index (Phi) is 2.60. The van der Waals surface area contributed by atoms with Crippen LogP contribution >= 0.6 is 0 Å². The third-order valence-electron chi connectivity index (χ3n) is 3.47. The Bertz CT molecular complexity index is 326. The van der Waals surface area contributed by atoms with Gasteiger partial charge in [0.1, 0.15) is 0 Å². The van der Waals surface area contributed by atoms with Gasteiger partial charge in [-0.3, -0.25) is 0 Å². The molecule has 0 spiro atoms. The quantitative estimate of drug-likeness (QED) is 0.759. The summed E-state index contributed by atoms with van der Waals surface area (Å²) in [5.74, 6) is 0.511. The van der Waals surface area contributed by atoms with Crippen molar-refractivity contribution in [3.05, 3.63) is 34.9 Å². The van der Waals surface area contributed by atoms with Crippen LogP contribution in [-0.4, -0.2) is 5.11 Å². The van der Waals surface area contributed by atoms with Crippen molar-refractivity contribution in [3.63, 3.8) is 0 Å². The standard InChI is InChI=1S/C13H18O/c1-9-6-7-12(8-10(9)2)13(14)11-4-3-5-11/h6-8,11,13-14H,3-5H2,1-2H3. The van der Waals surface area contributed by atoms with E-state index in [-0.39, 0.29) is 6.10 Å². The van der Waals surface area contributed by atoms with E-state index in [0.717, 1.165) is 5.56 Å². The molecule has 1 aromatic carbocycles. The summed E-state index contributed by atoms with van der Waals surface area (Å²) in [5.41, 5.74) is 3.67. The fraction of sp³-hybridized carbons (Fsp3) is 0.538. The van der Waals surface area contributed by atoms with Gasteiger partial charge in [0.2, 0.25) is 0 Å². The van der Waals surface area contributed by atoms with Gasteiger partial charge < -0.3 is 5.11 Å². The second-order valence-electron chi connectivity index (χ2n) is 4.48. The topological polar surface area (TPSA) is 20.2 Å². The van der Waals surface area contributed by atoms with Crippen molar-refractivity contribution in [2.75, 3.05) is 0 Å². The Morgan fingerprint density at radius 2 is 1.93 bits per heavy atom. The summed E-state index contributed by atoms with van der Waals surface area (Å²) in [4.78, 5) is 0. The van der Waals surface area contributed by atoms with E-state index in [9.17, 15) is 5.11 Å². The van der Waals surface area contributed by atoms with E-state index in [1.165, 1.54) is 30.4 Å². The van der Waals surface area contributed by atoms with Crippen LogP contribution < -0.4 is 0 Å². The average Bonchev–Trinajstić information content (AvgIpc) is 2.06. The molecule has 0 saturated heterocycles. The lowest BCUT2D eigenvalue weighted by atomic mass is 9.78. The molecule has 1 N–H and O–H groups in total. The van der Waals surface area contributed by atoms with Gasteiger partial charge in [-0.1, -0.05) is 24.6 Å². The van der Waals surface area contributed by atoms with Gasteiger partial charge in [-0.25, -0.2) is 0 Å². The van der Waals surface area contributed by atoms with Gasteiger partial charge >= 0.3 is 0 Å². The molecule has 2 rings (SSSR count). The fourth-order valence-electron chi connectivity index (χ4n) is 1.98. The van der Waals surface area contributed by atoms with Gasteiger partial charge in [-0.05, 0) is 49.3 Å². The van der Waals surface area contributed by atoms with Gasteiger partial charge in [0.05, 0.1) is 6.10 Å². The Morgan fingerprint density at radius 3 is 2.43 bits per heavy atom. The van der Waals surface area contributed by atoms with Crippen molar-refractivity contribution in [2.45, 2.75) is 39.2 Å². The summed E-state index contributed by atoms with van der Waals surface area (Å²) in [7, 11) is 0. The molecule has 14 heavy (non-hydrogen) atoms. The van der Waals surface area contributed by atoms with Crippen molar-refractivity contribution in [1.82, 2.24) is 0 Å². The molecule has 1 nitrogen and oxygen atoms in total. The molecule has 76 valence electrons. The smallest absolute Gasteiger partial charge is 0.0818 e. The first-order valence-electron chi connectivity index (χ1n) is 5.43. The molecule has 1 unspecified atom stereocenters. The van der Waals surface area contributed by atoms with E-state index < -0.39 is 0 Å². The molecule has 1 aliphatic rings. The number of hydrogen-bond acceptors (Lipinski definition) is 1. The zero-order chi connectivity index (χ0) is 10.1. The van der Waals surface area contributed by atoms with Crippen LogP contribution in [0.3, 0.4) is 0 Å². The second-order valence-corrected chi connectivity index (χ2v) is 4.48. The minimum Gasteiger partial charge on any atom is -0.388 e. The Hall–Kier alpha value is -0.820. The first-order valence-corrected chi connectivity index (χ1v) is 5.43. The monoisotopic (exact) mass is 190 g/mol. The Morgan fingerprint density at radius 1 is 1.21 bits per heavy atom. The molecule has 1 heteroatoms. The zero-order valence-corrected chi connectivity index (χ0v) is 8.96. The van der Waals surface area contributed by atoms with Gasteiger partial charge in [0, 0.05) is 0 Å². The summed E-state index contributed by atoms with van der Waals surface area (Å²) >= 11 is 0. The summed E-state index contributed by atoms with van der Waals surface area (Å²) in [6.45, 7) is 4.21. The fourth-order valence-corrected chi connectivity index (χ4v) is 1.98. The van der Waals surface area contributed by atoms with E-state index in [4.69, 9.17) is 0 Å². The van der Waals surface area contributed by atoms with Crippen molar-refractivity contribution < 1.29 is 5.11 Å². The summed E-state index contributed by atoms with van der Waals surface area (Å²) < 4.78 is 0. The number of aryl methyl sites for hydroxylation is 2. The van der Waals surface area contributed by atoms with Crippen LogP contribution in [0, 0.1) is 19.8 Å². The molecule has 0 heterocycles. The number of aliphatic hydroxyl groups excluding tert-OH is 1. The third kappa shape index (κ3) is 1.69. The van der Waals surface area contributed by atoms with Gasteiger partial charge in [0.15, 0.2) is 0 Å². The lowest BCUT2D eigenvalue weighted by Gasteiger charge is -2.30. The maximum absolute atomic E-state index is 10.1. The zero-order valence-electron chi connectivity index (χ0n) is 8.96. The van der Waals surface area contributed by atoms with E-state index in [2.05, 4.69) is 32.0 Å². The van der Waals surface area contributed by atoms with Crippen LogP contribution in [0.25, 0.3) is 0 Å². The normalized spacial score (nSPS) is 19.1. The van der Waals surface area contributed by atoms with Crippen LogP contribution in [-0.2, 0) is 0 Å². The predicted molar refractivity (Wildman–Crippen MR) is 58.2 cm³/mol. The van der Waals surface area contributed by atoms with Crippen molar-refractivity contribution in [1.29, 1.82) is 0 Å². The van der Waals surface area contributed by atoms with Crippen molar-refractivity contribution in [3.8, 4) is 0 Å². The maximum atomic E-state index is 10.1. The van der Waals surface area contributed by atoms with Gasteiger partial charge in [-0.2, -0.15) is 0 Å². The summed E-state index contributed by atoms with van der Waals surface area (Å²) in [6, 6.07) is 6.29. The highest BCUT2D eigenvalue weighted by Gasteiger charge is 2.26. The molecule has 0 amide bonds. The lowest BCUT2D eigenvalue weighted by Crippen LogP contribution is -2.20. The van der Waals surface area contributed by atoms with Crippen LogP contribution in [0.4, 0.5) is 0 Å². The number of rotatable bonds is 2. The van der Waals surface area contributed by atoms with Crippen molar-refractivity contribution >= 4 is 0 Å². The van der Waals surface area contributed by atoms with E-state index in [1.807, 2.05) is 0 Å². The molecule has 1 fully saturated rings. The number of benzene rings is 1. The van der Waals surface area contributed by atoms with E-state index >= 15 is 0 Å². The second kappa shape index (κ2) is 3.74. The van der Waals surface area contributed by atoms with Crippen LogP contribution in [0.1, 0.15) is 42.1 Å². The molecule has 0 aliphatic heterocycles. The summed E-state index contributed by atoms with van der Waals surface area (Å²) in [5, 5.41) is 10.1. The minimum atomic E-state index is -0.233. The molecular formula is C13H18O. The van der Waals surface area contributed by atoms with Gasteiger partial charge in [0.25, 0.3) is 0 Å². The largest absolute Gasteiger partial charge is 0.388 e. The highest BCUT2D eigenvalue weighted by atomic mass is 16.3. The highest BCUT2D eigenvalue weighted by Crippen LogP contribution is 2.37. The lowest BCUT2D eigenvalue weighted by molar-refractivity contribution is 0.0620. The van der Waals surface area contributed by atoms with Crippen LogP contribution in [0.5, 0.6) is 0 Å². The molecule has 1 aromatic rings. The number of aliphatic hydroxyl groups is 1. The summed E-state index contributed by atoms with van der Waals surface area (Å²) in [6.07, 6.45) is 3.43. The number of hydrogen-bond donors (Lipinski definition) is 1. The SMILES string of the molecule is Cc1ccc(C(O)C2CCC2)cc1C. The highest BCUT2D eigenvalue weighted by molar-refractivity contribution is 5.31. The maximum Gasteiger partial charge on any atom is 0.0818 e. The molecule has 0 bridgehead atoms. The molecular weight excluding hydrogens is 172 g/mol. The first-order chi connectivity index (χ1) is 6.68. The Labute approximate surface area is 85.8 Å². The third-order valence-corrected chi connectivity index (χ3v) is 3.47. The van der Waals surface area contributed by atoms with Crippen LogP contribution in [0.15, 0.2) is 18.2 Å². The van der Waals surface area contributed by atoms with Crippen molar-refractivity contribution in [2.24, 2.45) is 5.92 Å². The molecule has 1 saturated carbocycles.